The van der Waals surface area contributed by atoms with Gasteiger partial charge in [-0.1, -0.05) is 48.3 Å². The Bertz CT molecular complexity index is 963. The fourth-order valence-corrected chi connectivity index (χ4v) is 3.09. The van der Waals surface area contributed by atoms with E-state index in [1.54, 1.807) is 15.4 Å². The largest absolute Gasteiger partial charge is 0.309 e. The number of aryl methyl sites for hydroxylation is 1. The van der Waals surface area contributed by atoms with Crippen LogP contribution < -0.4 is 5.32 Å². The number of rotatable bonds is 6. The molecule has 6 nitrogen and oxygen atoms in total. The van der Waals surface area contributed by atoms with Gasteiger partial charge in [-0.3, -0.25) is 14.2 Å². The van der Waals surface area contributed by atoms with Crippen molar-refractivity contribution in [2.75, 3.05) is 5.32 Å². The first-order valence-corrected chi connectivity index (χ1v) is 9.38. The highest BCUT2D eigenvalue weighted by Crippen LogP contribution is 2.20. The third-order valence-corrected chi connectivity index (χ3v) is 5.29. The molecule has 1 atom stereocenters. The van der Waals surface area contributed by atoms with E-state index in [-0.39, 0.29) is 11.8 Å². The number of carbonyl (C=O) groups is 1. The van der Waals surface area contributed by atoms with Crippen LogP contribution in [-0.2, 0) is 17.9 Å². The van der Waals surface area contributed by atoms with E-state index in [2.05, 4.69) is 15.5 Å². The van der Waals surface area contributed by atoms with Crippen molar-refractivity contribution in [3.63, 3.8) is 0 Å². The first kappa shape index (κ1) is 19.5. The van der Waals surface area contributed by atoms with Gasteiger partial charge < -0.3 is 5.32 Å². The molecular formula is C19H21Cl2N5O. The van der Waals surface area contributed by atoms with Crippen molar-refractivity contribution in [2.24, 2.45) is 5.92 Å². The summed E-state index contributed by atoms with van der Waals surface area (Å²) in [6, 6.07) is 9.37. The quantitative estimate of drug-likeness (QED) is 0.663. The van der Waals surface area contributed by atoms with Gasteiger partial charge in [-0.05, 0) is 25.5 Å². The van der Waals surface area contributed by atoms with Crippen LogP contribution in [0.4, 0.5) is 5.82 Å². The molecule has 3 rings (SSSR count). The summed E-state index contributed by atoms with van der Waals surface area (Å²) in [5, 5.41) is 12.9. The normalized spacial score (nSPS) is 12.2. The first-order chi connectivity index (χ1) is 12.8. The number of aromatic nitrogens is 4. The number of halogens is 2. The first-order valence-electron chi connectivity index (χ1n) is 8.62. The number of carbonyl (C=O) groups excluding carboxylic acids is 1. The monoisotopic (exact) mass is 405 g/mol. The highest BCUT2D eigenvalue weighted by atomic mass is 35.5. The van der Waals surface area contributed by atoms with Gasteiger partial charge in [0.05, 0.1) is 35.4 Å². The van der Waals surface area contributed by atoms with E-state index in [4.69, 9.17) is 23.2 Å². The zero-order valence-corrected chi connectivity index (χ0v) is 16.9. The Kier molecular flexibility index (Phi) is 5.87. The Morgan fingerprint density at radius 1 is 1.19 bits per heavy atom. The van der Waals surface area contributed by atoms with Crippen molar-refractivity contribution in [2.45, 2.75) is 33.9 Å². The molecule has 8 heteroatoms. The maximum Gasteiger partial charge on any atom is 0.230 e. The average Bonchev–Trinajstić information content (AvgIpc) is 3.17. The number of hydrogen-bond acceptors (Lipinski definition) is 3. The number of nitrogens with zero attached hydrogens (tertiary/aromatic N) is 4. The minimum absolute atomic E-state index is 0.123. The number of hydrogen-bond donors (Lipinski definition) is 1. The zero-order valence-electron chi connectivity index (χ0n) is 15.4. The fourth-order valence-electron chi connectivity index (χ4n) is 2.76. The van der Waals surface area contributed by atoms with Crippen molar-refractivity contribution >= 4 is 34.9 Å². The summed E-state index contributed by atoms with van der Waals surface area (Å²) in [6.45, 7) is 6.58. The average molecular weight is 406 g/mol. The Labute approximate surface area is 168 Å². The molecule has 142 valence electrons. The molecule has 0 saturated heterocycles. The van der Waals surface area contributed by atoms with Gasteiger partial charge >= 0.3 is 0 Å². The Balaban J connectivity index is 1.61. The minimum Gasteiger partial charge on any atom is -0.309 e. The summed E-state index contributed by atoms with van der Waals surface area (Å²) in [5.74, 6) is 0.0970. The molecule has 0 saturated carbocycles. The van der Waals surface area contributed by atoms with Gasteiger partial charge in [0.2, 0.25) is 5.91 Å². The molecule has 2 aromatic heterocycles. The van der Waals surface area contributed by atoms with Gasteiger partial charge in [0.1, 0.15) is 0 Å². The van der Waals surface area contributed by atoms with E-state index in [1.165, 1.54) is 0 Å². The third-order valence-electron chi connectivity index (χ3n) is 4.37. The number of nitrogens with one attached hydrogen (secondary N) is 1. The number of benzene rings is 1. The van der Waals surface area contributed by atoms with Crippen LogP contribution in [0.5, 0.6) is 0 Å². The number of anilines is 1. The van der Waals surface area contributed by atoms with Crippen LogP contribution in [0.1, 0.15) is 23.9 Å². The topological polar surface area (TPSA) is 64.7 Å². The zero-order chi connectivity index (χ0) is 19.6. The summed E-state index contributed by atoms with van der Waals surface area (Å²) in [6.07, 6.45) is 1.81. The maximum atomic E-state index is 12.5. The second-order valence-corrected chi connectivity index (χ2v) is 7.33. The Morgan fingerprint density at radius 3 is 2.59 bits per heavy atom. The second-order valence-electron chi connectivity index (χ2n) is 6.55. The van der Waals surface area contributed by atoms with Crippen molar-refractivity contribution in [1.29, 1.82) is 0 Å². The molecule has 0 radical (unpaired) electrons. The predicted octanol–water partition coefficient (Wildman–Crippen LogP) is 4.33. The van der Waals surface area contributed by atoms with Crippen molar-refractivity contribution in [3.05, 3.63) is 63.5 Å². The fraction of sp³-hybridized carbons (Fsp3) is 0.316. The summed E-state index contributed by atoms with van der Waals surface area (Å²) < 4.78 is 3.50. The SMILES string of the molecule is Cc1nn(CC(C)C(=O)Nc2ccn(Cc3ccccc3Cl)n2)c(C)c1Cl. The van der Waals surface area contributed by atoms with Crippen LogP contribution in [0.3, 0.4) is 0 Å². The van der Waals surface area contributed by atoms with Crippen molar-refractivity contribution < 1.29 is 4.79 Å². The highest BCUT2D eigenvalue weighted by Gasteiger charge is 2.18. The lowest BCUT2D eigenvalue weighted by molar-refractivity contribution is -0.119. The van der Waals surface area contributed by atoms with Gasteiger partial charge in [-0.25, -0.2) is 0 Å². The smallest absolute Gasteiger partial charge is 0.230 e. The van der Waals surface area contributed by atoms with E-state index in [0.29, 0.717) is 29.0 Å². The molecule has 1 aromatic carbocycles. The van der Waals surface area contributed by atoms with E-state index in [0.717, 1.165) is 17.0 Å². The molecular weight excluding hydrogens is 385 g/mol. The molecule has 27 heavy (non-hydrogen) atoms. The van der Waals surface area contributed by atoms with Gasteiger partial charge in [0, 0.05) is 17.3 Å². The molecule has 1 unspecified atom stereocenters. The van der Waals surface area contributed by atoms with E-state index in [9.17, 15) is 4.79 Å². The second kappa shape index (κ2) is 8.15. The van der Waals surface area contributed by atoms with Crippen LogP contribution in [0.15, 0.2) is 36.5 Å². The van der Waals surface area contributed by atoms with E-state index in [1.807, 2.05) is 51.2 Å². The van der Waals surface area contributed by atoms with Crippen LogP contribution >= 0.6 is 23.2 Å². The maximum absolute atomic E-state index is 12.5. The minimum atomic E-state index is -0.284. The lowest BCUT2D eigenvalue weighted by atomic mass is 10.1. The van der Waals surface area contributed by atoms with Gasteiger partial charge in [0.15, 0.2) is 5.82 Å². The molecule has 3 aromatic rings. The molecule has 0 spiro atoms. The van der Waals surface area contributed by atoms with Crippen LogP contribution in [0.2, 0.25) is 10.0 Å². The number of amides is 1. The van der Waals surface area contributed by atoms with Crippen molar-refractivity contribution in [1.82, 2.24) is 19.6 Å². The molecule has 1 N–H and O–H groups in total. The lowest BCUT2D eigenvalue weighted by Crippen LogP contribution is -2.25. The Morgan fingerprint density at radius 2 is 1.93 bits per heavy atom. The summed E-state index contributed by atoms with van der Waals surface area (Å²) in [5.41, 5.74) is 2.59. The summed E-state index contributed by atoms with van der Waals surface area (Å²) in [7, 11) is 0. The van der Waals surface area contributed by atoms with Crippen LogP contribution in [-0.4, -0.2) is 25.5 Å². The standard InChI is InChI=1S/C19H21Cl2N5O/c1-12(10-26-14(3)18(21)13(2)23-26)19(27)22-17-8-9-25(24-17)11-15-6-4-5-7-16(15)20/h4-9,12H,10-11H2,1-3H3,(H,22,24,27). The molecule has 1 amide bonds. The predicted molar refractivity (Wildman–Crippen MR) is 107 cm³/mol. The molecule has 2 heterocycles. The van der Waals surface area contributed by atoms with Crippen molar-refractivity contribution in [3.8, 4) is 0 Å². The highest BCUT2D eigenvalue weighted by molar-refractivity contribution is 6.32. The van der Waals surface area contributed by atoms with Crippen LogP contribution in [0.25, 0.3) is 0 Å². The summed E-state index contributed by atoms with van der Waals surface area (Å²) >= 11 is 12.3. The van der Waals surface area contributed by atoms with Gasteiger partial charge in [-0.2, -0.15) is 10.2 Å². The molecule has 0 aliphatic carbocycles. The Hall–Kier alpha value is -2.31. The molecule has 0 bridgehead atoms. The molecule has 0 aliphatic heterocycles. The lowest BCUT2D eigenvalue weighted by Gasteiger charge is -2.12. The van der Waals surface area contributed by atoms with Gasteiger partial charge in [-0.15, -0.1) is 0 Å². The van der Waals surface area contributed by atoms with E-state index >= 15 is 0 Å². The summed E-state index contributed by atoms with van der Waals surface area (Å²) in [4.78, 5) is 12.5. The van der Waals surface area contributed by atoms with Gasteiger partial charge in [0.25, 0.3) is 0 Å². The third kappa shape index (κ3) is 4.51. The molecule has 0 aliphatic rings. The van der Waals surface area contributed by atoms with Crippen LogP contribution in [0, 0.1) is 19.8 Å². The van der Waals surface area contributed by atoms with E-state index < -0.39 is 0 Å². The molecule has 0 fully saturated rings.